The minimum absolute atomic E-state index is 0.0867. The number of ether oxygens (including phenoxy) is 1. The highest BCUT2D eigenvalue weighted by atomic mass is 16.5. The van der Waals surface area contributed by atoms with E-state index in [0.717, 1.165) is 52.5 Å². The first-order valence-corrected chi connectivity index (χ1v) is 10.6. The third-order valence-electron chi connectivity index (χ3n) is 5.38. The molecule has 1 aromatic heterocycles. The number of allylic oxidation sites excluding steroid dienone is 4. The van der Waals surface area contributed by atoms with E-state index in [4.69, 9.17) is 4.74 Å². The lowest BCUT2D eigenvalue weighted by Crippen LogP contribution is -2.15. The molecule has 1 unspecified atom stereocenters. The number of nitriles is 1. The molecule has 0 spiro atoms. The molecule has 0 radical (unpaired) electrons. The van der Waals surface area contributed by atoms with Gasteiger partial charge in [0.2, 0.25) is 0 Å². The number of anilines is 2. The Morgan fingerprint density at radius 1 is 1.23 bits per heavy atom. The molecular formula is C25H31N5O. The first kappa shape index (κ1) is 22.1. The second-order valence-electron chi connectivity index (χ2n) is 7.55. The summed E-state index contributed by atoms with van der Waals surface area (Å²) in [5, 5.41) is 16.0. The molecule has 1 atom stereocenters. The van der Waals surface area contributed by atoms with Gasteiger partial charge in [0.25, 0.3) is 0 Å². The Hall–Kier alpha value is -3.59. The Morgan fingerprint density at radius 2 is 2.00 bits per heavy atom. The van der Waals surface area contributed by atoms with Gasteiger partial charge in [0.05, 0.1) is 35.8 Å². The Kier molecular flexibility index (Phi) is 7.45. The molecule has 0 saturated heterocycles. The van der Waals surface area contributed by atoms with E-state index >= 15 is 0 Å². The molecule has 0 amide bonds. The van der Waals surface area contributed by atoms with Crippen molar-refractivity contribution in [2.45, 2.75) is 39.2 Å². The van der Waals surface area contributed by atoms with E-state index in [2.05, 4.69) is 47.3 Å². The number of hydrogen-bond donors (Lipinski definition) is 3. The normalized spacial score (nSPS) is 16.2. The molecule has 6 heteroatoms. The highest BCUT2D eigenvalue weighted by Gasteiger charge is 2.18. The molecule has 0 fully saturated rings. The summed E-state index contributed by atoms with van der Waals surface area (Å²) in [5.74, 6) is 0.841. The van der Waals surface area contributed by atoms with E-state index in [9.17, 15) is 5.26 Å². The van der Waals surface area contributed by atoms with Crippen LogP contribution in [0.4, 0.5) is 11.4 Å². The van der Waals surface area contributed by atoms with Crippen molar-refractivity contribution >= 4 is 17.1 Å². The van der Waals surface area contributed by atoms with E-state index in [1.54, 1.807) is 0 Å². The van der Waals surface area contributed by atoms with Crippen LogP contribution in [0.5, 0.6) is 5.75 Å². The predicted octanol–water partition coefficient (Wildman–Crippen LogP) is 5.42. The molecule has 2 aromatic rings. The molecule has 31 heavy (non-hydrogen) atoms. The largest absolute Gasteiger partial charge is 0.486 e. The molecular weight excluding hydrogens is 386 g/mol. The zero-order valence-electron chi connectivity index (χ0n) is 18.7. The Morgan fingerprint density at radius 3 is 2.68 bits per heavy atom. The maximum Gasteiger partial charge on any atom is 0.120 e. The van der Waals surface area contributed by atoms with Crippen molar-refractivity contribution in [3.63, 3.8) is 0 Å². The second-order valence-corrected chi connectivity index (χ2v) is 7.55. The lowest BCUT2D eigenvalue weighted by atomic mass is 10.1. The lowest BCUT2D eigenvalue weighted by Gasteiger charge is -2.19. The number of hydrogen-bond acceptors (Lipinski definition) is 5. The summed E-state index contributed by atoms with van der Waals surface area (Å²) < 4.78 is 8.07. The number of nitrogens with zero attached hydrogens (tertiary/aromatic N) is 2. The molecule has 0 saturated carbocycles. The average molecular weight is 418 g/mol. The maximum atomic E-state index is 9.28. The minimum Gasteiger partial charge on any atom is -0.486 e. The first-order chi connectivity index (χ1) is 15.1. The Bertz CT molecular complexity index is 1020. The smallest absolute Gasteiger partial charge is 0.120 e. The molecule has 1 aliphatic rings. The highest BCUT2D eigenvalue weighted by Crippen LogP contribution is 2.31. The van der Waals surface area contributed by atoms with Crippen LogP contribution < -0.4 is 20.8 Å². The minimum atomic E-state index is 0.0867. The van der Waals surface area contributed by atoms with Crippen LogP contribution in [0.1, 0.15) is 37.4 Å². The fourth-order valence-electron chi connectivity index (χ4n) is 3.66. The van der Waals surface area contributed by atoms with Crippen molar-refractivity contribution in [2.24, 2.45) is 0 Å². The monoisotopic (exact) mass is 417 g/mol. The van der Waals surface area contributed by atoms with Crippen molar-refractivity contribution in [2.75, 3.05) is 30.2 Å². The quantitative estimate of drug-likeness (QED) is 0.535. The van der Waals surface area contributed by atoms with Gasteiger partial charge in [-0.05, 0) is 62.6 Å². The summed E-state index contributed by atoms with van der Waals surface area (Å²) >= 11 is 0. The SMILES string of the molecule is CNc1cn(NC)c(/C(Nc2ccc(OC3C=CC=CCC3)cc2)=C(\C)CC#N)c1C. The van der Waals surface area contributed by atoms with E-state index in [-0.39, 0.29) is 6.10 Å². The number of benzene rings is 1. The van der Waals surface area contributed by atoms with Crippen molar-refractivity contribution in [1.29, 1.82) is 5.26 Å². The topological polar surface area (TPSA) is 74.0 Å². The fourth-order valence-corrected chi connectivity index (χ4v) is 3.66. The van der Waals surface area contributed by atoms with Crippen LogP contribution in [0.15, 0.2) is 60.3 Å². The molecule has 162 valence electrons. The number of aromatic nitrogens is 1. The van der Waals surface area contributed by atoms with Crippen LogP contribution in [-0.4, -0.2) is 24.9 Å². The molecule has 3 N–H and O–H groups in total. The van der Waals surface area contributed by atoms with E-state index < -0.39 is 0 Å². The van der Waals surface area contributed by atoms with Crippen molar-refractivity contribution in [3.05, 3.63) is 71.6 Å². The number of nitrogens with one attached hydrogen (secondary N) is 3. The summed E-state index contributed by atoms with van der Waals surface area (Å²) in [4.78, 5) is 0. The molecule has 1 aliphatic carbocycles. The van der Waals surface area contributed by atoms with Crippen LogP contribution in [0.2, 0.25) is 0 Å². The Labute approximate surface area is 184 Å². The summed E-state index contributed by atoms with van der Waals surface area (Å²) in [6.07, 6.45) is 12.8. The Balaban J connectivity index is 1.86. The molecule has 0 aliphatic heterocycles. The molecule has 0 bridgehead atoms. The molecule has 6 nitrogen and oxygen atoms in total. The van der Waals surface area contributed by atoms with Gasteiger partial charge in [0, 0.05) is 25.3 Å². The predicted molar refractivity (Wildman–Crippen MR) is 129 cm³/mol. The fraction of sp³-hybridized carbons (Fsp3) is 0.320. The molecule has 3 rings (SSSR count). The maximum absolute atomic E-state index is 9.28. The van der Waals surface area contributed by atoms with Crippen LogP contribution in [-0.2, 0) is 0 Å². The third kappa shape index (κ3) is 5.32. The standard InChI is InChI=1S/C25H31N5O/c1-18(15-16-26)24(25-19(2)23(27-3)17-30(25)28-4)29-20-11-13-22(14-12-20)31-21-9-7-5-6-8-10-21/h5-7,9,11-14,17,21,27-29H,8,10,15H2,1-4H3/b24-18-. The third-order valence-corrected chi connectivity index (χ3v) is 5.38. The van der Waals surface area contributed by atoms with E-state index in [1.165, 1.54) is 0 Å². The van der Waals surface area contributed by atoms with Crippen molar-refractivity contribution in [3.8, 4) is 11.8 Å². The van der Waals surface area contributed by atoms with E-state index in [1.807, 2.05) is 62.2 Å². The van der Waals surface area contributed by atoms with Gasteiger partial charge < -0.3 is 20.8 Å². The second kappa shape index (κ2) is 10.4. The van der Waals surface area contributed by atoms with Crippen molar-refractivity contribution in [1.82, 2.24) is 4.68 Å². The summed E-state index contributed by atoms with van der Waals surface area (Å²) in [5.41, 5.74) is 9.16. The van der Waals surface area contributed by atoms with Crippen LogP contribution in [0.3, 0.4) is 0 Å². The summed E-state index contributed by atoms with van der Waals surface area (Å²) in [6.45, 7) is 4.06. The zero-order valence-corrected chi connectivity index (χ0v) is 18.7. The number of rotatable bonds is 8. The molecule has 1 aromatic carbocycles. The van der Waals surface area contributed by atoms with Gasteiger partial charge in [-0.2, -0.15) is 5.26 Å². The van der Waals surface area contributed by atoms with Gasteiger partial charge in [-0.15, -0.1) is 0 Å². The zero-order chi connectivity index (χ0) is 22.2. The summed E-state index contributed by atoms with van der Waals surface area (Å²) in [7, 11) is 3.78. The summed E-state index contributed by atoms with van der Waals surface area (Å²) in [6, 6.07) is 10.2. The van der Waals surface area contributed by atoms with E-state index in [0.29, 0.717) is 6.42 Å². The van der Waals surface area contributed by atoms with Crippen LogP contribution in [0.25, 0.3) is 5.70 Å². The van der Waals surface area contributed by atoms with Gasteiger partial charge in [0.15, 0.2) is 0 Å². The first-order valence-electron chi connectivity index (χ1n) is 10.6. The van der Waals surface area contributed by atoms with Gasteiger partial charge in [-0.3, -0.25) is 4.68 Å². The molecule has 1 heterocycles. The van der Waals surface area contributed by atoms with Crippen molar-refractivity contribution < 1.29 is 4.74 Å². The van der Waals surface area contributed by atoms with Crippen LogP contribution in [0, 0.1) is 18.3 Å². The highest BCUT2D eigenvalue weighted by molar-refractivity contribution is 5.82. The van der Waals surface area contributed by atoms with Gasteiger partial charge in [-0.25, -0.2) is 0 Å². The van der Waals surface area contributed by atoms with Gasteiger partial charge in [0.1, 0.15) is 11.9 Å². The lowest BCUT2D eigenvalue weighted by molar-refractivity contribution is 0.240. The van der Waals surface area contributed by atoms with Gasteiger partial charge in [-0.1, -0.05) is 18.2 Å². The van der Waals surface area contributed by atoms with Crippen LogP contribution >= 0.6 is 0 Å². The van der Waals surface area contributed by atoms with Gasteiger partial charge >= 0.3 is 0 Å². The average Bonchev–Trinajstić information content (AvgIpc) is 2.92.